The van der Waals surface area contributed by atoms with E-state index in [4.69, 9.17) is 9.97 Å². The third kappa shape index (κ3) is 2.89. The molecule has 41 heavy (non-hydrogen) atoms. The highest BCUT2D eigenvalue weighted by Crippen LogP contribution is 2.47. The first kappa shape index (κ1) is 22.0. The Bertz CT molecular complexity index is 2570. The number of fused-ring (bicyclic) bond motifs is 11. The Balaban J connectivity index is 1.34. The second-order valence-electron chi connectivity index (χ2n) is 10.6. The van der Waals surface area contributed by atoms with E-state index in [1.54, 1.807) is 11.8 Å². The maximum atomic E-state index is 5.31. The normalized spacial score (nSPS) is 12.8. The zero-order valence-corrected chi connectivity index (χ0v) is 23.3. The Hall–Kier alpha value is -4.71. The Kier molecular flexibility index (Phi) is 4.27. The Morgan fingerprint density at radius 1 is 0.512 bits per heavy atom. The molecule has 0 aliphatic carbocycles. The van der Waals surface area contributed by atoms with E-state index < -0.39 is 0 Å². The van der Waals surface area contributed by atoms with Crippen molar-refractivity contribution in [3.8, 4) is 17.2 Å². The molecule has 1 aliphatic rings. The van der Waals surface area contributed by atoms with Crippen molar-refractivity contribution >= 4 is 86.8 Å². The van der Waals surface area contributed by atoms with Gasteiger partial charge in [0.15, 0.2) is 0 Å². The summed E-state index contributed by atoms with van der Waals surface area (Å²) in [7, 11) is 0. The first-order chi connectivity index (χ1) is 20.3. The molecule has 1 aliphatic heterocycles. The summed E-state index contributed by atoms with van der Waals surface area (Å²) in [6.45, 7) is 0. The zero-order valence-electron chi connectivity index (χ0n) is 21.6. The van der Waals surface area contributed by atoms with Gasteiger partial charge in [0.05, 0.1) is 22.2 Å². The van der Waals surface area contributed by atoms with E-state index in [9.17, 15) is 0 Å². The van der Waals surface area contributed by atoms with Gasteiger partial charge in [-0.25, -0.2) is 9.97 Å². The van der Waals surface area contributed by atoms with E-state index in [2.05, 4.69) is 120 Å². The van der Waals surface area contributed by atoms with Gasteiger partial charge in [0, 0.05) is 57.1 Å². The number of benzene rings is 6. The van der Waals surface area contributed by atoms with Gasteiger partial charge in [-0.2, -0.15) is 0 Å². The summed E-state index contributed by atoms with van der Waals surface area (Å²) in [6, 6.07) is 41.5. The fourth-order valence-electron chi connectivity index (χ4n) is 6.66. The second kappa shape index (κ2) is 7.94. The van der Waals surface area contributed by atoms with Gasteiger partial charge in [-0.1, -0.05) is 90.6 Å². The number of rotatable bonds is 1. The highest BCUT2D eigenvalue weighted by Gasteiger charge is 2.24. The van der Waals surface area contributed by atoms with Crippen molar-refractivity contribution in [1.82, 2.24) is 14.5 Å². The smallest absolute Gasteiger partial charge is 0.235 e. The third-order valence-corrected chi connectivity index (χ3v) is 10.8. The molecule has 0 fully saturated rings. The standard InChI is InChI=1S/C36H19N3S2/c1-4-12-27-24(9-1)32-21-16-17-22-20-8-2-5-13-29(20)41-35(22)23(21)18-19-28(32)39(27)36-37-26-11-7-15-31-33(26)34(38-36)25-10-3-6-14-30(25)40-31/h1-19H. The molecule has 0 atom stereocenters. The Morgan fingerprint density at radius 3 is 2.24 bits per heavy atom. The largest absolute Gasteiger partial charge is 0.278 e. The van der Waals surface area contributed by atoms with Crippen LogP contribution in [0.25, 0.3) is 80.9 Å². The zero-order chi connectivity index (χ0) is 26.7. The number of nitrogens with zero attached hydrogens (tertiary/aromatic N) is 3. The van der Waals surface area contributed by atoms with E-state index >= 15 is 0 Å². The van der Waals surface area contributed by atoms with Crippen molar-refractivity contribution in [2.75, 3.05) is 0 Å². The lowest BCUT2D eigenvalue weighted by molar-refractivity contribution is 1.01. The highest BCUT2D eigenvalue weighted by atomic mass is 32.2. The monoisotopic (exact) mass is 557 g/mol. The van der Waals surface area contributed by atoms with Crippen LogP contribution in [0.5, 0.6) is 0 Å². The molecule has 0 unspecified atom stereocenters. The summed E-state index contributed by atoms with van der Waals surface area (Å²) in [4.78, 5) is 13.0. The summed E-state index contributed by atoms with van der Waals surface area (Å²) < 4.78 is 4.93. The SMILES string of the molecule is c1ccc2c(c1)Sc1cccc3nc(-n4c5ccccc5c5c6ccc7c8ccccc8sc7c6ccc54)nc-2c13. The predicted octanol–water partition coefficient (Wildman–Crippen LogP) is 10.4. The van der Waals surface area contributed by atoms with Crippen LogP contribution in [0.4, 0.5) is 0 Å². The highest BCUT2D eigenvalue weighted by molar-refractivity contribution is 7.99. The maximum absolute atomic E-state index is 5.31. The molecule has 0 spiro atoms. The molecule has 5 heteroatoms. The summed E-state index contributed by atoms with van der Waals surface area (Å²) in [5.74, 6) is 0.708. The fraction of sp³-hybridized carbons (Fsp3) is 0. The average Bonchev–Trinajstić information content (AvgIpc) is 3.57. The summed E-state index contributed by atoms with van der Waals surface area (Å²) in [6.07, 6.45) is 0. The summed E-state index contributed by atoms with van der Waals surface area (Å²) in [5.41, 5.74) is 5.40. The van der Waals surface area contributed by atoms with Crippen LogP contribution in [0, 0.1) is 0 Å². The minimum absolute atomic E-state index is 0.708. The number of thiophene rings is 1. The van der Waals surface area contributed by atoms with Gasteiger partial charge in [0.1, 0.15) is 0 Å². The molecule has 0 bridgehead atoms. The lowest BCUT2D eigenvalue weighted by Crippen LogP contribution is -2.05. The minimum atomic E-state index is 0.708. The molecule has 0 saturated carbocycles. The lowest BCUT2D eigenvalue weighted by atomic mass is 10.0. The van der Waals surface area contributed by atoms with E-state index in [-0.39, 0.29) is 0 Å². The minimum Gasteiger partial charge on any atom is -0.278 e. The molecular weight excluding hydrogens is 539 g/mol. The molecule has 4 heterocycles. The maximum Gasteiger partial charge on any atom is 0.235 e. The van der Waals surface area contributed by atoms with Gasteiger partial charge in [-0.05, 0) is 41.8 Å². The van der Waals surface area contributed by atoms with Gasteiger partial charge < -0.3 is 0 Å². The van der Waals surface area contributed by atoms with Crippen LogP contribution in [0.15, 0.2) is 125 Å². The third-order valence-electron chi connectivity index (χ3n) is 8.41. The number of hydrogen-bond donors (Lipinski definition) is 0. The van der Waals surface area contributed by atoms with Crippen molar-refractivity contribution in [1.29, 1.82) is 0 Å². The van der Waals surface area contributed by atoms with Gasteiger partial charge in [-0.3, -0.25) is 4.57 Å². The summed E-state index contributed by atoms with van der Waals surface area (Å²) in [5, 5.41) is 8.82. The van der Waals surface area contributed by atoms with Crippen LogP contribution in [0.1, 0.15) is 0 Å². The molecule has 0 N–H and O–H groups in total. The van der Waals surface area contributed by atoms with Gasteiger partial charge in [0.2, 0.25) is 5.95 Å². The predicted molar refractivity (Wildman–Crippen MR) is 174 cm³/mol. The van der Waals surface area contributed by atoms with Crippen LogP contribution in [0.2, 0.25) is 0 Å². The van der Waals surface area contributed by atoms with Crippen LogP contribution in [-0.2, 0) is 0 Å². The number of hydrogen-bond acceptors (Lipinski definition) is 4. The fourth-order valence-corrected chi connectivity index (χ4v) is 9.00. The first-order valence-corrected chi connectivity index (χ1v) is 15.3. The van der Waals surface area contributed by atoms with E-state index in [0.717, 1.165) is 27.6 Å². The van der Waals surface area contributed by atoms with Crippen LogP contribution < -0.4 is 0 Å². The molecule has 0 amide bonds. The van der Waals surface area contributed by atoms with E-state index in [1.807, 2.05) is 11.3 Å². The molecule has 6 aromatic carbocycles. The Labute approximate surface area is 242 Å². The quantitative estimate of drug-likeness (QED) is 0.201. The molecule has 0 saturated heterocycles. The number of para-hydroxylation sites is 1. The molecule has 190 valence electrons. The molecule has 9 aromatic rings. The lowest BCUT2D eigenvalue weighted by Gasteiger charge is -2.20. The van der Waals surface area contributed by atoms with Gasteiger partial charge >= 0.3 is 0 Å². The van der Waals surface area contributed by atoms with Crippen molar-refractivity contribution < 1.29 is 0 Å². The van der Waals surface area contributed by atoms with E-state index in [1.165, 1.54) is 57.1 Å². The first-order valence-electron chi connectivity index (χ1n) is 13.7. The van der Waals surface area contributed by atoms with Crippen molar-refractivity contribution in [3.63, 3.8) is 0 Å². The molecule has 10 rings (SSSR count). The molecule has 3 aromatic heterocycles. The van der Waals surface area contributed by atoms with Crippen molar-refractivity contribution in [2.24, 2.45) is 0 Å². The van der Waals surface area contributed by atoms with Gasteiger partial charge in [0.25, 0.3) is 0 Å². The van der Waals surface area contributed by atoms with E-state index in [0.29, 0.717) is 5.95 Å². The van der Waals surface area contributed by atoms with Crippen LogP contribution >= 0.6 is 23.1 Å². The topological polar surface area (TPSA) is 30.7 Å². The van der Waals surface area contributed by atoms with Crippen LogP contribution in [0.3, 0.4) is 0 Å². The number of aromatic nitrogens is 3. The second-order valence-corrected chi connectivity index (χ2v) is 12.7. The van der Waals surface area contributed by atoms with Crippen molar-refractivity contribution in [3.05, 3.63) is 115 Å². The molecule has 3 nitrogen and oxygen atoms in total. The van der Waals surface area contributed by atoms with Gasteiger partial charge in [-0.15, -0.1) is 11.3 Å². The molecule has 0 radical (unpaired) electrons. The van der Waals surface area contributed by atoms with Crippen molar-refractivity contribution in [2.45, 2.75) is 9.79 Å². The van der Waals surface area contributed by atoms with Crippen LogP contribution in [-0.4, -0.2) is 14.5 Å². The average molecular weight is 558 g/mol. The molecular formula is C36H19N3S2. The summed E-state index contributed by atoms with van der Waals surface area (Å²) >= 11 is 3.68. The Morgan fingerprint density at radius 2 is 1.27 bits per heavy atom.